The minimum atomic E-state index is -0.666. The number of anilines is 1. The van der Waals surface area contributed by atoms with Crippen molar-refractivity contribution in [2.45, 2.75) is 11.8 Å². The fraction of sp³-hybridized carbons (Fsp3) is 0.150. The van der Waals surface area contributed by atoms with Crippen molar-refractivity contribution in [2.24, 2.45) is 0 Å². The number of ether oxygens (including phenoxy) is 1. The van der Waals surface area contributed by atoms with E-state index in [9.17, 15) is 14.0 Å². The van der Waals surface area contributed by atoms with Crippen molar-refractivity contribution in [3.63, 3.8) is 0 Å². The molecule has 0 aliphatic heterocycles. The zero-order valence-electron chi connectivity index (χ0n) is 14.8. The summed E-state index contributed by atoms with van der Waals surface area (Å²) < 4.78 is 19.7. The van der Waals surface area contributed by atoms with E-state index in [4.69, 9.17) is 10.00 Å². The molecule has 0 atom stereocenters. The monoisotopic (exact) mass is 414 g/mol. The van der Waals surface area contributed by atoms with Gasteiger partial charge in [0.1, 0.15) is 10.7 Å². The van der Waals surface area contributed by atoms with Gasteiger partial charge in [-0.25, -0.2) is 9.18 Å². The third-order valence-corrected chi connectivity index (χ3v) is 6.05. The molecular formula is C20H15FN2O3S2. The average Bonchev–Trinajstić information content (AvgIpc) is 3.03. The van der Waals surface area contributed by atoms with Crippen LogP contribution in [-0.2, 0) is 9.53 Å². The van der Waals surface area contributed by atoms with Crippen molar-refractivity contribution in [3.8, 4) is 6.07 Å². The summed E-state index contributed by atoms with van der Waals surface area (Å²) in [6.45, 7) is 1.19. The first kappa shape index (κ1) is 19.9. The maximum Gasteiger partial charge on any atom is 0.349 e. The van der Waals surface area contributed by atoms with Gasteiger partial charge in [0.15, 0.2) is 6.61 Å². The van der Waals surface area contributed by atoms with Crippen molar-refractivity contribution in [1.29, 1.82) is 5.26 Å². The Hall–Kier alpha value is -2.89. The normalized spacial score (nSPS) is 10.5. The van der Waals surface area contributed by atoms with Gasteiger partial charge in [-0.05, 0) is 36.8 Å². The Bertz CT molecular complexity index is 1090. The molecular weight excluding hydrogens is 399 g/mol. The molecule has 8 heteroatoms. The van der Waals surface area contributed by atoms with Crippen LogP contribution in [0.5, 0.6) is 0 Å². The summed E-state index contributed by atoms with van der Waals surface area (Å²) in [5.41, 5.74) is 1.05. The van der Waals surface area contributed by atoms with Crippen LogP contribution < -0.4 is 5.32 Å². The second-order valence-electron chi connectivity index (χ2n) is 5.74. The first-order valence-electron chi connectivity index (χ1n) is 8.24. The summed E-state index contributed by atoms with van der Waals surface area (Å²) in [5, 5.41) is 11.8. The van der Waals surface area contributed by atoms with Crippen LogP contribution in [0.25, 0.3) is 10.1 Å². The van der Waals surface area contributed by atoms with Crippen molar-refractivity contribution in [2.75, 3.05) is 17.7 Å². The SMILES string of the molecule is Cc1c(C(=O)OCC(=O)Nc2ccccc2SCC#N)sc2cccc(F)c12. The Morgan fingerprint density at radius 2 is 2.04 bits per heavy atom. The number of amides is 1. The highest BCUT2D eigenvalue weighted by molar-refractivity contribution is 7.99. The van der Waals surface area contributed by atoms with Gasteiger partial charge in [-0.3, -0.25) is 4.79 Å². The van der Waals surface area contributed by atoms with Gasteiger partial charge in [-0.2, -0.15) is 5.26 Å². The molecule has 0 aliphatic rings. The number of nitrogens with zero attached hydrogens (tertiary/aromatic N) is 1. The maximum atomic E-state index is 14.0. The van der Waals surface area contributed by atoms with E-state index in [1.54, 1.807) is 43.3 Å². The molecule has 3 rings (SSSR count). The van der Waals surface area contributed by atoms with Crippen LogP contribution in [0.3, 0.4) is 0 Å². The number of esters is 1. The predicted octanol–water partition coefficient (Wildman–Crippen LogP) is 4.76. The highest BCUT2D eigenvalue weighted by Crippen LogP contribution is 2.33. The number of fused-ring (bicyclic) bond motifs is 1. The van der Waals surface area contributed by atoms with Crippen molar-refractivity contribution in [3.05, 3.63) is 58.7 Å². The van der Waals surface area contributed by atoms with E-state index in [0.717, 1.165) is 16.2 Å². The molecule has 1 aromatic heterocycles. The second-order valence-corrected chi connectivity index (χ2v) is 7.81. The Morgan fingerprint density at radius 1 is 1.25 bits per heavy atom. The standard InChI is InChI=1S/C20H15FN2O3S2/c1-12-18-13(21)5-4-8-16(18)28-19(12)20(25)26-11-17(24)23-14-6-2-3-7-15(14)27-10-9-22/h2-8H,10-11H2,1H3,(H,23,24). The minimum absolute atomic E-state index is 0.254. The maximum absolute atomic E-state index is 14.0. The molecule has 0 bridgehead atoms. The van der Waals surface area contributed by atoms with Crippen LogP contribution in [0.1, 0.15) is 15.2 Å². The van der Waals surface area contributed by atoms with E-state index in [-0.39, 0.29) is 10.6 Å². The number of halogens is 1. The Kier molecular flexibility index (Phi) is 6.29. The van der Waals surface area contributed by atoms with Gasteiger partial charge in [0.2, 0.25) is 0 Å². The second kappa shape index (κ2) is 8.87. The van der Waals surface area contributed by atoms with E-state index in [1.807, 2.05) is 6.07 Å². The summed E-state index contributed by atoms with van der Waals surface area (Å²) in [7, 11) is 0. The number of nitrogens with one attached hydrogen (secondary N) is 1. The lowest BCUT2D eigenvalue weighted by Crippen LogP contribution is -2.21. The highest BCUT2D eigenvalue weighted by atomic mass is 32.2. The van der Waals surface area contributed by atoms with Crippen LogP contribution in [-0.4, -0.2) is 24.2 Å². The van der Waals surface area contributed by atoms with E-state index in [2.05, 4.69) is 5.32 Å². The smallest absolute Gasteiger partial charge is 0.349 e. The molecule has 0 saturated heterocycles. The topological polar surface area (TPSA) is 79.2 Å². The first-order valence-corrected chi connectivity index (χ1v) is 10.0. The zero-order valence-corrected chi connectivity index (χ0v) is 16.5. The molecule has 0 radical (unpaired) electrons. The number of rotatable bonds is 6. The molecule has 1 amide bonds. The summed E-state index contributed by atoms with van der Waals surface area (Å²) in [6, 6.07) is 13.7. The first-order chi connectivity index (χ1) is 13.5. The fourth-order valence-electron chi connectivity index (χ4n) is 2.64. The van der Waals surface area contributed by atoms with Gasteiger partial charge in [-0.15, -0.1) is 23.1 Å². The lowest BCUT2D eigenvalue weighted by Gasteiger charge is -2.10. The van der Waals surface area contributed by atoms with Gasteiger partial charge >= 0.3 is 5.97 Å². The third kappa shape index (κ3) is 4.32. The Balaban J connectivity index is 1.66. The van der Waals surface area contributed by atoms with Gasteiger partial charge in [-0.1, -0.05) is 18.2 Å². The highest BCUT2D eigenvalue weighted by Gasteiger charge is 2.20. The molecule has 2 aromatic carbocycles. The summed E-state index contributed by atoms with van der Waals surface area (Å²) in [5.74, 6) is -1.30. The average molecular weight is 414 g/mol. The molecule has 1 N–H and O–H groups in total. The molecule has 142 valence electrons. The van der Waals surface area contributed by atoms with E-state index in [1.165, 1.54) is 17.8 Å². The number of para-hydroxylation sites is 1. The van der Waals surface area contributed by atoms with E-state index >= 15 is 0 Å². The number of benzene rings is 2. The lowest BCUT2D eigenvalue weighted by atomic mass is 10.1. The Labute approximate surface area is 169 Å². The number of hydrogen-bond acceptors (Lipinski definition) is 6. The van der Waals surface area contributed by atoms with Gasteiger partial charge in [0.25, 0.3) is 5.91 Å². The Morgan fingerprint density at radius 3 is 2.79 bits per heavy atom. The molecule has 0 fully saturated rings. The van der Waals surface area contributed by atoms with Gasteiger partial charge < -0.3 is 10.1 Å². The molecule has 5 nitrogen and oxygen atoms in total. The molecule has 1 heterocycles. The minimum Gasteiger partial charge on any atom is -0.451 e. The van der Waals surface area contributed by atoms with Crippen molar-refractivity contribution < 1.29 is 18.7 Å². The van der Waals surface area contributed by atoms with Gasteiger partial charge in [0, 0.05) is 15.0 Å². The van der Waals surface area contributed by atoms with Gasteiger partial charge in [0.05, 0.1) is 17.5 Å². The van der Waals surface area contributed by atoms with Crippen LogP contribution >= 0.6 is 23.1 Å². The van der Waals surface area contributed by atoms with E-state index < -0.39 is 24.3 Å². The number of carbonyl (C=O) groups excluding carboxylic acids is 2. The molecule has 28 heavy (non-hydrogen) atoms. The number of carbonyl (C=O) groups is 2. The van der Waals surface area contributed by atoms with E-state index in [0.29, 0.717) is 21.3 Å². The summed E-state index contributed by atoms with van der Waals surface area (Å²) in [6.07, 6.45) is 0. The largest absolute Gasteiger partial charge is 0.451 e. The number of hydrogen-bond donors (Lipinski definition) is 1. The number of thioether (sulfide) groups is 1. The fourth-order valence-corrected chi connectivity index (χ4v) is 4.42. The van der Waals surface area contributed by atoms with Crippen molar-refractivity contribution >= 4 is 50.7 Å². The lowest BCUT2D eigenvalue weighted by molar-refractivity contribution is -0.119. The molecule has 3 aromatic rings. The summed E-state index contributed by atoms with van der Waals surface area (Å²) in [4.78, 5) is 25.5. The quantitative estimate of drug-likeness (QED) is 0.465. The van der Waals surface area contributed by atoms with Crippen molar-refractivity contribution in [1.82, 2.24) is 0 Å². The summed E-state index contributed by atoms with van der Waals surface area (Å²) >= 11 is 2.43. The molecule has 0 aliphatic carbocycles. The zero-order chi connectivity index (χ0) is 20.1. The molecule has 0 spiro atoms. The number of thiophene rings is 1. The van der Waals surface area contributed by atoms with Crippen LogP contribution in [0, 0.1) is 24.1 Å². The predicted molar refractivity (Wildman–Crippen MR) is 108 cm³/mol. The van der Waals surface area contributed by atoms with Crippen LogP contribution in [0.2, 0.25) is 0 Å². The van der Waals surface area contributed by atoms with Crippen LogP contribution in [0.15, 0.2) is 47.4 Å². The number of nitriles is 1. The molecule has 0 unspecified atom stereocenters. The third-order valence-electron chi connectivity index (χ3n) is 3.88. The number of aryl methyl sites for hydroxylation is 1. The van der Waals surface area contributed by atoms with Crippen LogP contribution in [0.4, 0.5) is 10.1 Å². The molecule has 0 saturated carbocycles.